The zero-order valence-corrected chi connectivity index (χ0v) is 12.0. The molecular formula is C17H13N5. The van der Waals surface area contributed by atoms with Gasteiger partial charge >= 0.3 is 0 Å². The highest BCUT2D eigenvalue weighted by molar-refractivity contribution is 5.93. The summed E-state index contributed by atoms with van der Waals surface area (Å²) in [5.41, 5.74) is 3.87. The van der Waals surface area contributed by atoms with E-state index in [4.69, 9.17) is 0 Å². The van der Waals surface area contributed by atoms with Crippen molar-refractivity contribution >= 4 is 10.9 Å². The Morgan fingerprint density at radius 1 is 1.00 bits per heavy atom. The summed E-state index contributed by atoms with van der Waals surface area (Å²) in [5.74, 6) is 0.743. The topological polar surface area (TPSA) is 56.5 Å². The van der Waals surface area contributed by atoms with E-state index in [0.29, 0.717) is 0 Å². The highest BCUT2D eigenvalue weighted by Gasteiger charge is 2.08. The molecule has 4 aromatic rings. The van der Waals surface area contributed by atoms with E-state index in [1.54, 1.807) is 17.2 Å². The first kappa shape index (κ1) is 12.6. The Bertz CT molecular complexity index is 944. The number of hydrogen-bond acceptors (Lipinski definition) is 4. The molecule has 0 saturated carbocycles. The summed E-state index contributed by atoms with van der Waals surface area (Å²) < 4.78 is 1.72. The zero-order valence-electron chi connectivity index (χ0n) is 12.0. The SMILES string of the molecule is Cc1ccc2c(-c3cc(-n4cccn4)ncn3)cccc2n1. The van der Waals surface area contributed by atoms with Gasteiger partial charge in [0.15, 0.2) is 5.82 Å². The Morgan fingerprint density at radius 2 is 1.95 bits per heavy atom. The summed E-state index contributed by atoms with van der Waals surface area (Å²) in [6.07, 6.45) is 5.15. The van der Waals surface area contributed by atoms with E-state index < -0.39 is 0 Å². The summed E-state index contributed by atoms with van der Waals surface area (Å²) in [6.45, 7) is 1.99. The number of aromatic nitrogens is 5. The molecule has 0 bridgehead atoms. The van der Waals surface area contributed by atoms with Crippen LogP contribution in [0.25, 0.3) is 28.0 Å². The van der Waals surface area contributed by atoms with Gasteiger partial charge in [-0.15, -0.1) is 0 Å². The maximum Gasteiger partial charge on any atom is 0.157 e. The fraction of sp³-hybridized carbons (Fsp3) is 0.0588. The number of benzene rings is 1. The van der Waals surface area contributed by atoms with Crippen LogP contribution in [0.1, 0.15) is 5.69 Å². The molecule has 0 aliphatic carbocycles. The second-order valence-electron chi connectivity index (χ2n) is 5.04. The molecule has 3 aromatic heterocycles. The fourth-order valence-corrected chi connectivity index (χ4v) is 2.50. The highest BCUT2D eigenvalue weighted by atomic mass is 15.3. The minimum atomic E-state index is 0.743. The minimum Gasteiger partial charge on any atom is -0.253 e. The maximum absolute atomic E-state index is 4.57. The predicted molar refractivity (Wildman–Crippen MR) is 84.6 cm³/mol. The van der Waals surface area contributed by atoms with Gasteiger partial charge in [-0.25, -0.2) is 14.6 Å². The molecule has 0 spiro atoms. The van der Waals surface area contributed by atoms with Gasteiger partial charge in [0.05, 0.1) is 11.2 Å². The third-order valence-electron chi connectivity index (χ3n) is 3.54. The van der Waals surface area contributed by atoms with Crippen LogP contribution >= 0.6 is 0 Å². The van der Waals surface area contributed by atoms with Crippen LogP contribution in [0.4, 0.5) is 0 Å². The third-order valence-corrected chi connectivity index (χ3v) is 3.54. The molecule has 5 nitrogen and oxygen atoms in total. The Balaban J connectivity index is 1.91. The van der Waals surface area contributed by atoms with Gasteiger partial charge in [0.25, 0.3) is 0 Å². The van der Waals surface area contributed by atoms with Gasteiger partial charge in [0, 0.05) is 35.1 Å². The molecule has 106 valence electrons. The van der Waals surface area contributed by atoms with Crippen molar-refractivity contribution in [1.82, 2.24) is 24.7 Å². The standard InChI is InChI=1S/C17H13N5/c1-12-6-7-14-13(4-2-5-15(14)21-12)16-10-17(19-11-18-16)22-9-3-8-20-22/h2-11H,1H3. The molecule has 0 amide bonds. The van der Waals surface area contributed by atoms with Gasteiger partial charge < -0.3 is 0 Å². The molecule has 0 saturated heterocycles. The van der Waals surface area contributed by atoms with Crippen molar-refractivity contribution in [3.05, 3.63) is 66.9 Å². The normalized spacial score (nSPS) is 11.0. The van der Waals surface area contributed by atoms with Gasteiger partial charge in [-0.05, 0) is 25.1 Å². The molecular weight excluding hydrogens is 274 g/mol. The van der Waals surface area contributed by atoms with Gasteiger partial charge in [0.2, 0.25) is 0 Å². The van der Waals surface area contributed by atoms with Crippen LogP contribution in [0.3, 0.4) is 0 Å². The molecule has 5 heteroatoms. The van der Waals surface area contributed by atoms with Crippen LogP contribution < -0.4 is 0 Å². The van der Waals surface area contributed by atoms with Crippen LogP contribution in [0.15, 0.2) is 61.2 Å². The molecule has 22 heavy (non-hydrogen) atoms. The number of aryl methyl sites for hydroxylation is 1. The molecule has 3 heterocycles. The number of hydrogen-bond donors (Lipinski definition) is 0. The average Bonchev–Trinajstić information content (AvgIpc) is 3.08. The quantitative estimate of drug-likeness (QED) is 0.568. The van der Waals surface area contributed by atoms with E-state index in [1.165, 1.54) is 0 Å². The lowest BCUT2D eigenvalue weighted by Gasteiger charge is -2.07. The largest absolute Gasteiger partial charge is 0.253 e. The Hall–Kier alpha value is -3.08. The van der Waals surface area contributed by atoms with E-state index in [0.717, 1.165) is 33.7 Å². The van der Waals surface area contributed by atoms with Gasteiger partial charge in [-0.3, -0.25) is 4.98 Å². The summed E-state index contributed by atoms with van der Waals surface area (Å²) in [5, 5.41) is 5.29. The zero-order chi connectivity index (χ0) is 14.9. The molecule has 1 aromatic carbocycles. The van der Waals surface area contributed by atoms with Crippen molar-refractivity contribution in [3.8, 4) is 17.1 Å². The van der Waals surface area contributed by atoms with Crippen LogP contribution in [-0.4, -0.2) is 24.7 Å². The van der Waals surface area contributed by atoms with Crippen molar-refractivity contribution in [3.63, 3.8) is 0 Å². The lowest BCUT2D eigenvalue weighted by Crippen LogP contribution is -1.99. The van der Waals surface area contributed by atoms with Crippen LogP contribution in [-0.2, 0) is 0 Å². The van der Waals surface area contributed by atoms with Crippen LogP contribution in [0.2, 0.25) is 0 Å². The fourth-order valence-electron chi connectivity index (χ4n) is 2.50. The molecule has 0 radical (unpaired) electrons. The Kier molecular flexibility index (Phi) is 2.89. The summed E-state index contributed by atoms with van der Waals surface area (Å²) in [4.78, 5) is 13.3. The second kappa shape index (κ2) is 5.04. The molecule has 0 unspecified atom stereocenters. The van der Waals surface area contributed by atoms with E-state index >= 15 is 0 Å². The molecule has 0 atom stereocenters. The highest BCUT2D eigenvalue weighted by Crippen LogP contribution is 2.27. The van der Waals surface area contributed by atoms with Gasteiger partial charge in [-0.2, -0.15) is 5.10 Å². The molecule has 0 aliphatic rings. The molecule has 4 rings (SSSR count). The maximum atomic E-state index is 4.57. The predicted octanol–water partition coefficient (Wildman–Crippen LogP) is 3.19. The Morgan fingerprint density at radius 3 is 2.82 bits per heavy atom. The van der Waals surface area contributed by atoms with E-state index in [2.05, 4.69) is 32.2 Å². The van der Waals surface area contributed by atoms with Gasteiger partial charge in [-0.1, -0.05) is 18.2 Å². The van der Waals surface area contributed by atoms with Crippen molar-refractivity contribution in [2.75, 3.05) is 0 Å². The van der Waals surface area contributed by atoms with E-state index in [-0.39, 0.29) is 0 Å². The molecule has 0 N–H and O–H groups in total. The third kappa shape index (κ3) is 2.13. The molecule has 0 aliphatic heterocycles. The van der Waals surface area contributed by atoms with E-state index in [9.17, 15) is 0 Å². The number of fused-ring (bicyclic) bond motifs is 1. The number of nitrogens with zero attached hydrogens (tertiary/aromatic N) is 5. The number of rotatable bonds is 2. The van der Waals surface area contributed by atoms with Crippen LogP contribution in [0, 0.1) is 6.92 Å². The first-order chi connectivity index (χ1) is 10.8. The first-order valence-corrected chi connectivity index (χ1v) is 7.00. The van der Waals surface area contributed by atoms with Crippen molar-refractivity contribution < 1.29 is 0 Å². The number of pyridine rings is 1. The van der Waals surface area contributed by atoms with Crippen molar-refractivity contribution in [2.24, 2.45) is 0 Å². The molecule has 0 fully saturated rings. The van der Waals surface area contributed by atoms with Crippen LogP contribution in [0.5, 0.6) is 0 Å². The van der Waals surface area contributed by atoms with Gasteiger partial charge in [0.1, 0.15) is 6.33 Å². The minimum absolute atomic E-state index is 0.743. The summed E-state index contributed by atoms with van der Waals surface area (Å²) in [6, 6.07) is 14.0. The second-order valence-corrected chi connectivity index (χ2v) is 5.04. The average molecular weight is 287 g/mol. The van der Waals surface area contributed by atoms with Crippen molar-refractivity contribution in [2.45, 2.75) is 6.92 Å². The summed E-state index contributed by atoms with van der Waals surface area (Å²) in [7, 11) is 0. The monoisotopic (exact) mass is 287 g/mol. The smallest absolute Gasteiger partial charge is 0.157 e. The summed E-state index contributed by atoms with van der Waals surface area (Å²) >= 11 is 0. The first-order valence-electron chi connectivity index (χ1n) is 7.00. The lowest BCUT2D eigenvalue weighted by atomic mass is 10.0. The Labute approximate surface area is 127 Å². The van der Waals surface area contributed by atoms with E-state index in [1.807, 2.05) is 43.5 Å². The van der Waals surface area contributed by atoms with Crippen molar-refractivity contribution in [1.29, 1.82) is 0 Å². The lowest BCUT2D eigenvalue weighted by molar-refractivity contribution is 0.840.